The molecule has 3 aliphatic carbocycles. The molecule has 0 radical (unpaired) electrons. The van der Waals surface area contributed by atoms with Crippen molar-refractivity contribution in [2.75, 3.05) is 0 Å². The Morgan fingerprint density at radius 3 is 1.49 bits per heavy atom. The highest BCUT2D eigenvalue weighted by atomic mass is 16.1. The molecule has 0 saturated heterocycles. The van der Waals surface area contributed by atoms with E-state index in [1.165, 1.54) is 11.1 Å². The zero-order valence-corrected chi connectivity index (χ0v) is 19.5. The van der Waals surface area contributed by atoms with Crippen LogP contribution in [-0.2, 0) is 15.6 Å². The third kappa shape index (κ3) is 2.46. The maximum absolute atomic E-state index is 15.3. The number of fused-ring (bicyclic) bond motifs is 5. The first kappa shape index (κ1) is 20.4. The van der Waals surface area contributed by atoms with Crippen molar-refractivity contribution in [3.63, 3.8) is 0 Å². The molecule has 168 valence electrons. The number of hydrogen-bond donors (Lipinski definition) is 0. The smallest absolute Gasteiger partial charge is 0.163 e. The molecule has 2 bridgehead atoms. The second-order valence-corrected chi connectivity index (χ2v) is 9.96. The van der Waals surface area contributed by atoms with Crippen LogP contribution >= 0.6 is 0 Å². The van der Waals surface area contributed by atoms with Crippen molar-refractivity contribution < 1.29 is 4.79 Å². The number of benzene rings is 4. The molecule has 7 rings (SSSR count). The molecule has 0 N–H and O–H groups in total. The van der Waals surface area contributed by atoms with Gasteiger partial charge in [0, 0.05) is 5.92 Å². The fraction of sp³-hybridized carbons (Fsp3) is 0.147. The minimum Gasteiger partial charge on any atom is -0.297 e. The molecule has 1 heteroatoms. The second kappa shape index (κ2) is 7.52. The lowest BCUT2D eigenvalue weighted by Crippen LogP contribution is -2.38. The summed E-state index contributed by atoms with van der Waals surface area (Å²) in [5.74, 6) is 0.653. The average molecular weight is 451 g/mol. The monoisotopic (exact) mass is 450 g/mol. The standard InChI is InChI=1S/C34H26O/c35-32-33(26-18-9-3-10-19-26)28-22-13-23-29(28)34(32,27-20-11-4-12-21-27)31(25-16-7-2-8-17-25)30(33)24-14-5-1-6-15-24/h1-22,28-29H,23H2/t28?,29?,33-,34+/m1/s1. The molecule has 4 aromatic carbocycles. The first-order valence-corrected chi connectivity index (χ1v) is 12.5. The van der Waals surface area contributed by atoms with Gasteiger partial charge in [-0.2, -0.15) is 0 Å². The number of carbonyl (C=O) groups is 1. The normalized spacial score (nSPS) is 28.5. The molecule has 1 nitrogen and oxygen atoms in total. The number of ketones is 1. The van der Waals surface area contributed by atoms with Gasteiger partial charge in [0.1, 0.15) is 0 Å². The van der Waals surface area contributed by atoms with E-state index in [0.29, 0.717) is 5.78 Å². The van der Waals surface area contributed by atoms with E-state index >= 15 is 4.79 Å². The Labute approximate surface area is 206 Å². The summed E-state index contributed by atoms with van der Waals surface area (Å²) in [6, 6.07) is 42.3. The molecular formula is C34H26O. The predicted molar refractivity (Wildman–Crippen MR) is 142 cm³/mol. The van der Waals surface area contributed by atoms with Crippen molar-refractivity contribution >= 4 is 16.9 Å². The van der Waals surface area contributed by atoms with Gasteiger partial charge in [0.15, 0.2) is 5.78 Å². The number of rotatable bonds is 4. The summed E-state index contributed by atoms with van der Waals surface area (Å²) in [6.45, 7) is 0. The maximum Gasteiger partial charge on any atom is 0.163 e. The summed E-state index contributed by atoms with van der Waals surface area (Å²) >= 11 is 0. The summed E-state index contributed by atoms with van der Waals surface area (Å²) in [4.78, 5) is 15.3. The number of hydrogen-bond acceptors (Lipinski definition) is 1. The maximum atomic E-state index is 15.3. The highest BCUT2D eigenvalue weighted by Crippen LogP contribution is 2.74. The Morgan fingerprint density at radius 2 is 0.971 bits per heavy atom. The quantitative estimate of drug-likeness (QED) is 0.299. The summed E-state index contributed by atoms with van der Waals surface area (Å²) in [6.07, 6.45) is 5.57. The Bertz CT molecular complexity index is 1470. The minimum absolute atomic E-state index is 0.125. The van der Waals surface area contributed by atoms with Crippen LogP contribution < -0.4 is 0 Å². The van der Waals surface area contributed by atoms with Gasteiger partial charge >= 0.3 is 0 Å². The molecule has 2 unspecified atom stereocenters. The van der Waals surface area contributed by atoms with Crippen molar-refractivity contribution in [1.82, 2.24) is 0 Å². The van der Waals surface area contributed by atoms with Crippen LogP contribution in [0.4, 0.5) is 0 Å². The highest BCUT2D eigenvalue weighted by Gasteiger charge is 2.76. The summed E-state index contributed by atoms with van der Waals surface area (Å²) in [5.41, 5.74) is 5.46. The van der Waals surface area contributed by atoms with E-state index in [0.717, 1.165) is 28.7 Å². The average Bonchev–Trinajstić information content (AvgIpc) is 3.57. The molecule has 0 amide bonds. The number of Topliss-reactive ketones (excluding diaryl/α,β-unsaturated/α-hetero) is 1. The highest BCUT2D eigenvalue weighted by molar-refractivity contribution is 6.30. The lowest BCUT2D eigenvalue weighted by molar-refractivity contribution is -0.123. The first-order valence-electron chi connectivity index (χ1n) is 12.5. The zero-order valence-electron chi connectivity index (χ0n) is 19.5. The predicted octanol–water partition coefficient (Wildman–Crippen LogP) is 7.26. The Balaban J connectivity index is 1.70. The van der Waals surface area contributed by atoms with Crippen LogP contribution in [0.5, 0.6) is 0 Å². The molecule has 1 fully saturated rings. The van der Waals surface area contributed by atoms with Crippen LogP contribution in [0.3, 0.4) is 0 Å². The van der Waals surface area contributed by atoms with Gasteiger partial charge in [0.25, 0.3) is 0 Å². The van der Waals surface area contributed by atoms with Crippen molar-refractivity contribution in [2.45, 2.75) is 17.3 Å². The van der Waals surface area contributed by atoms with Crippen LogP contribution in [0.2, 0.25) is 0 Å². The number of carbonyl (C=O) groups excluding carboxylic acids is 1. The summed E-state index contributed by atoms with van der Waals surface area (Å²) < 4.78 is 0. The van der Waals surface area contributed by atoms with Gasteiger partial charge < -0.3 is 0 Å². The Morgan fingerprint density at radius 1 is 0.543 bits per heavy atom. The van der Waals surface area contributed by atoms with Crippen molar-refractivity contribution in [3.05, 3.63) is 156 Å². The molecule has 3 aliphatic rings. The number of allylic oxidation sites excluding steroid dienone is 4. The molecule has 4 atom stereocenters. The van der Waals surface area contributed by atoms with Crippen LogP contribution in [0.1, 0.15) is 28.7 Å². The topological polar surface area (TPSA) is 17.1 Å². The van der Waals surface area contributed by atoms with E-state index in [1.54, 1.807) is 0 Å². The molecule has 0 heterocycles. The lowest BCUT2D eigenvalue weighted by Gasteiger charge is -2.41. The van der Waals surface area contributed by atoms with E-state index < -0.39 is 10.8 Å². The minimum atomic E-state index is -0.721. The van der Waals surface area contributed by atoms with Crippen LogP contribution in [0.25, 0.3) is 11.1 Å². The molecule has 1 saturated carbocycles. The molecule has 0 spiro atoms. The van der Waals surface area contributed by atoms with Gasteiger partial charge in [-0.15, -0.1) is 0 Å². The zero-order chi connectivity index (χ0) is 23.5. The fourth-order valence-electron chi connectivity index (χ4n) is 7.46. The molecule has 0 aromatic heterocycles. The van der Waals surface area contributed by atoms with Gasteiger partial charge in [0.05, 0.1) is 10.8 Å². The summed E-state index contributed by atoms with van der Waals surface area (Å²) in [7, 11) is 0. The molecular weight excluding hydrogens is 424 g/mol. The van der Waals surface area contributed by atoms with E-state index in [-0.39, 0.29) is 11.8 Å². The second-order valence-electron chi connectivity index (χ2n) is 9.96. The third-order valence-electron chi connectivity index (χ3n) is 8.56. The van der Waals surface area contributed by atoms with E-state index in [4.69, 9.17) is 0 Å². The Kier molecular flexibility index (Phi) is 4.38. The van der Waals surface area contributed by atoms with Gasteiger partial charge in [-0.05, 0) is 45.7 Å². The molecule has 0 aliphatic heterocycles. The van der Waals surface area contributed by atoms with Crippen molar-refractivity contribution in [1.29, 1.82) is 0 Å². The van der Waals surface area contributed by atoms with E-state index in [2.05, 4.69) is 121 Å². The van der Waals surface area contributed by atoms with Gasteiger partial charge in [0.2, 0.25) is 0 Å². The van der Waals surface area contributed by atoms with Crippen molar-refractivity contribution in [3.8, 4) is 0 Å². The van der Waals surface area contributed by atoms with Gasteiger partial charge in [-0.1, -0.05) is 133 Å². The first-order chi connectivity index (χ1) is 17.3. The SMILES string of the molecule is O=C1[C@@]2(c3ccccc3)C(c3ccccc3)=C(c3ccccc3)[C@]1(c1ccccc1)C1CC=CC12. The Hall–Kier alpha value is -3.97. The van der Waals surface area contributed by atoms with Gasteiger partial charge in [-0.3, -0.25) is 4.79 Å². The van der Waals surface area contributed by atoms with Gasteiger partial charge in [-0.25, -0.2) is 0 Å². The van der Waals surface area contributed by atoms with Crippen LogP contribution in [0, 0.1) is 11.8 Å². The van der Waals surface area contributed by atoms with E-state index in [1.807, 2.05) is 12.1 Å². The van der Waals surface area contributed by atoms with Crippen molar-refractivity contribution in [2.24, 2.45) is 11.8 Å². The fourth-order valence-corrected chi connectivity index (χ4v) is 7.46. The largest absolute Gasteiger partial charge is 0.297 e. The van der Waals surface area contributed by atoms with Crippen LogP contribution in [0.15, 0.2) is 133 Å². The summed E-state index contributed by atoms with van der Waals surface area (Å²) in [5, 5.41) is 0. The molecule has 35 heavy (non-hydrogen) atoms. The van der Waals surface area contributed by atoms with Crippen LogP contribution in [-0.4, -0.2) is 5.78 Å². The molecule has 4 aromatic rings. The third-order valence-corrected chi connectivity index (χ3v) is 8.56. The van der Waals surface area contributed by atoms with E-state index in [9.17, 15) is 0 Å². The lowest BCUT2D eigenvalue weighted by atomic mass is 9.59.